The van der Waals surface area contributed by atoms with Crippen molar-refractivity contribution in [1.82, 2.24) is 20.3 Å². The summed E-state index contributed by atoms with van der Waals surface area (Å²) in [6.07, 6.45) is 4.22. The molecule has 0 fully saturated rings. The van der Waals surface area contributed by atoms with E-state index in [1.54, 1.807) is 10.9 Å². The Bertz CT molecular complexity index is 1080. The molecule has 1 heterocycles. The van der Waals surface area contributed by atoms with Gasteiger partial charge >= 0.3 is 0 Å². The van der Waals surface area contributed by atoms with Crippen LogP contribution in [0.15, 0.2) is 54.7 Å². The lowest BCUT2D eigenvalue weighted by molar-refractivity contribution is -0.121. The number of carbonyl (C=O) groups excluding carboxylic acids is 2. The van der Waals surface area contributed by atoms with Gasteiger partial charge in [-0.3, -0.25) is 9.59 Å². The molecule has 0 radical (unpaired) electrons. The highest BCUT2D eigenvalue weighted by atomic mass is 19.2. The molecule has 2 N–H and O–H groups in total. The molecule has 10 heteroatoms. The van der Waals surface area contributed by atoms with Crippen molar-refractivity contribution in [3.63, 3.8) is 0 Å². The van der Waals surface area contributed by atoms with Crippen LogP contribution in [0, 0.1) is 17.5 Å². The Balaban J connectivity index is 1.48. The fourth-order valence-electron chi connectivity index (χ4n) is 2.44. The molecule has 0 bridgehead atoms. The van der Waals surface area contributed by atoms with Crippen LogP contribution in [-0.2, 0) is 16.1 Å². The number of rotatable bonds is 7. The van der Waals surface area contributed by atoms with Crippen LogP contribution < -0.4 is 10.6 Å². The van der Waals surface area contributed by atoms with E-state index in [0.29, 0.717) is 18.3 Å². The molecule has 3 aromatic rings. The zero-order valence-corrected chi connectivity index (χ0v) is 15.5. The van der Waals surface area contributed by atoms with Gasteiger partial charge in [-0.2, -0.15) is 0 Å². The molecule has 0 aliphatic rings. The predicted octanol–water partition coefficient (Wildman–Crippen LogP) is 2.51. The summed E-state index contributed by atoms with van der Waals surface area (Å²) in [5.74, 6) is -6.00. The third-order valence-electron chi connectivity index (χ3n) is 3.88. The van der Waals surface area contributed by atoms with E-state index in [-0.39, 0.29) is 0 Å². The molecule has 0 aliphatic carbocycles. The summed E-state index contributed by atoms with van der Waals surface area (Å²) in [7, 11) is 0. The van der Waals surface area contributed by atoms with E-state index in [0.717, 1.165) is 17.7 Å². The van der Waals surface area contributed by atoms with Gasteiger partial charge in [0.25, 0.3) is 0 Å². The summed E-state index contributed by atoms with van der Waals surface area (Å²) in [6.45, 7) is 0.0247. The molecule has 154 valence electrons. The van der Waals surface area contributed by atoms with Crippen LogP contribution in [0.1, 0.15) is 11.3 Å². The quantitative estimate of drug-likeness (QED) is 0.459. The van der Waals surface area contributed by atoms with E-state index in [1.807, 2.05) is 35.6 Å². The number of aromatic nitrogens is 3. The second kappa shape index (κ2) is 9.50. The molecule has 2 amide bonds. The first-order valence-corrected chi connectivity index (χ1v) is 8.75. The molecule has 7 nitrogen and oxygen atoms in total. The molecule has 0 aliphatic heterocycles. The van der Waals surface area contributed by atoms with E-state index in [1.165, 1.54) is 6.08 Å². The average Bonchev–Trinajstić information content (AvgIpc) is 3.19. The van der Waals surface area contributed by atoms with E-state index >= 15 is 0 Å². The number of nitrogens with zero attached hydrogens (tertiary/aromatic N) is 3. The maximum Gasteiger partial charge on any atom is 0.244 e. The number of hydrogen-bond acceptors (Lipinski definition) is 4. The molecular weight excluding hydrogens is 399 g/mol. The highest BCUT2D eigenvalue weighted by Gasteiger charge is 2.15. The minimum atomic E-state index is -1.69. The van der Waals surface area contributed by atoms with Crippen molar-refractivity contribution in [3.8, 4) is 0 Å². The number of amides is 2. The van der Waals surface area contributed by atoms with Crippen LogP contribution in [0.5, 0.6) is 0 Å². The maximum absolute atomic E-state index is 13.5. The Hall–Kier alpha value is -3.95. The second-order valence-electron chi connectivity index (χ2n) is 6.15. The first-order valence-electron chi connectivity index (χ1n) is 8.75. The third kappa shape index (κ3) is 5.53. The number of halogens is 3. The number of hydrogen-bond donors (Lipinski definition) is 2. The van der Waals surface area contributed by atoms with Gasteiger partial charge in [-0.05, 0) is 23.8 Å². The molecule has 0 saturated carbocycles. The fourth-order valence-corrected chi connectivity index (χ4v) is 2.44. The molecule has 2 aromatic carbocycles. The van der Waals surface area contributed by atoms with E-state index < -0.39 is 41.5 Å². The highest BCUT2D eigenvalue weighted by molar-refractivity contribution is 5.97. The molecule has 0 saturated heterocycles. The van der Waals surface area contributed by atoms with Crippen molar-refractivity contribution in [3.05, 3.63) is 83.4 Å². The summed E-state index contributed by atoms with van der Waals surface area (Å²) in [6, 6.07) is 11.2. The zero-order chi connectivity index (χ0) is 21.5. The Labute approximate surface area is 169 Å². The Morgan fingerprint density at radius 3 is 2.57 bits per heavy atom. The van der Waals surface area contributed by atoms with Crippen LogP contribution in [0.4, 0.5) is 18.9 Å². The molecular formula is C20H16F3N5O2. The largest absolute Gasteiger partial charge is 0.343 e. The fraction of sp³-hybridized carbons (Fsp3) is 0.100. The smallest absolute Gasteiger partial charge is 0.244 e. The van der Waals surface area contributed by atoms with Gasteiger partial charge in [-0.1, -0.05) is 35.5 Å². The van der Waals surface area contributed by atoms with Crippen molar-refractivity contribution in [2.45, 2.75) is 6.54 Å². The third-order valence-corrected chi connectivity index (χ3v) is 3.88. The SMILES string of the molecule is O=C(/C=C/c1cn(Cc2ccccc2)nn1)NCC(=O)Nc1ccc(F)c(F)c1F. The molecule has 0 spiro atoms. The second-order valence-corrected chi connectivity index (χ2v) is 6.15. The minimum absolute atomic E-state index is 0.439. The van der Waals surface area contributed by atoms with Crippen LogP contribution >= 0.6 is 0 Å². The van der Waals surface area contributed by atoms with Gasteiger partial charge in [-0.25, -0.2) is 17.9 Å². The van der Waals surface area contributed by atoms with Crippen LogP contribution in [-0.4, -0.2) is 33.4 Å². The Morgan fingerprint density at radius 1 is 1.03 bits per heavy atom. The molecule has 30 heavy (non-hydrogen) atoms. The normalized spacial score (nSPS) is 10.9. The molecule has 1 aromatic heterocycles. The first kappa shape index (κ1) is 20.8. The average molecular weight is 415 g/mol. The van der Waals surface area contributed by atoms with Gasteiger partial charge in [0.2, 0.25) is 11.8 Å². The lowest BCUT2D eigenvalue weighted by atomic mass is 10.2. The number of anilines is 1. The van der Waals surface area contributed by atoms with Gasteiger partial charge < -0.3 is 10.6 Å². The van der Waals surface area contributed by atoms with Crippen LogP contribution in [0.2, 0.25) is 0 Å². The summed E-state index contributed by atoms with van der Waals surface area (Å²) < 4.78 is 41.2. The van der Waals surface area contributed by atoms with Gasteiger partial charge in [-0.15, -0.1) is 5.10 Å². The van der Waals surface area contributed by atoms with Crippen molar-refractivity contribution in [2.75, 3.05) is 11.9 Å². The Morgan fingerprint density at radius 2 is 1.80 bits per heavy atom. The maximum atomic E-state index is 13.5. The van der Waals surface area contributed by atoms with Gasteiger partial charge in [0.1, 0.15) is 5.69 Å². The number of benzene rings is 2. The lowest BCUT2D eigenvalue weighted by Crippen LogP contribution is -2.32. The van der Waals surface area contributed by atoms with Crippen LogP contribution in [0.3, 0.4) is 0 Å². The predicted molar refractivity (Wildman–Crippen MR) is 103 cm³/mol. The highest BCUT2D eigenvalue weighted by Crippen LogP contribution is 2.19. The van der Waals surface area contributed by atoms with Crippen LogP contribution in [0.25, 0.3) is 6.08 Å². The zero-order valence-electron chi connectivity index (χ0n) is 15.5. The van der Waals surface area contributed by atoms with Crippen molar-refractivity contribution in [1.29, 1.82) is 0 Å². The first-order chi connectivity index (χ1) is 14.4. The van der Waals surface area contributed by atoms with Gasteiger partial charge in [0.15, 0.2) is 17.5 Å². The van der Waals surface area contributed by atoms with E-state index in [2.05, 4.69) is 15.6 Å². The lowest BCUT2D eigenvalue weighted by Gasteiger charge is -2.07. The molecule has 0 atom stereocenters. The van der Waals surface area contributed by atoms with Crippen molar-refractivity contribution >= 4 is 23.6 Å². The van der Waals surface area contributed by atoms with Crippen molar-refractivity contribution < 1.29 is 22.8 Å². The minimum Gasteiger partial charge on any atom is -0.343 e. The number of carbonyl (C=O) groups is 2. The van der Waals surface area contributed by atoms with Gasteiger partial charge in [0.05, 0.1) is 25.0 Å². The van der Waals surface area contributed by atoms with E-state index in [9.17, 15) is 22.8 Å². The molecule has 3 rings (SSSR count). The topological polar surface area (TPSA) is 88.9 Å². The monoisotopic (exact) mass is 415 g/mol. The molecule has 0 unspecified atom stereocenters. The standard InChI is InChI=1S/C20H16F3N5O2/c21-15-7-8-16(20(23)19(15)22)25-18(30)10-24-17(29)9-6-14-12-28(27-26-14)11-13-4-2-1-3-5-13/h1-9,12H,10-11H2,(H,24,29)(H,25,30)/b9-6+. The summed E-state index contributed by atoms with van der Waals surface area (Å²) >= 11 is 0. The summed E-state index contributed by atoms with van der Waals surface area (Å²) in [5, 5.41) is 12.2. The number of nitrogens with one attached hydrogen (secondary N) is 2. The van der Waals surface area contributed by atoms with Gasteiger partial charge in [0, 0.05) is 6.08 Å². The van der Waals surface area contributed by atoms with E-state index in [4.69, 9.17) is 0 Å². The van der Waals surface area contributed by atoms with Crippen molar-refractivity contribution in [2.24, 2.45) is 0 Å². The summed E-state index contributed by atoms with van der Waals surface area (Å²) in [5.41, 5.74) is 0.951. The summed E-state index contributed by atoms with van der Waals surface area (Å²) in [4.78, 5) is 23.6. The Kier molecular flexibility index (Phi) is 6.58.